The normalized spacial score (nSPS) is 13.1. The molecule has 0 bridgehead atoms. The van der Waals surface area contributed by atoms with Gasteiger partial charge >= 0.3 is 0 Å². The standard InChI is InChI=1S/C17H24N2S/c1-5-13(2)15-12-14-8-6-7-9-16(14)18-17(15)20-11-10-19(3)4/h6-9,12-13H,5,10-11H2,1-4H3. The maximum atomic E-state index is 4.89. The molecule has 0 aliphatic rings. The van der Waals surface area contributed by atoms with Crippen molar-refractivity contribution >= 4 is 22.7 Å². The van der Waals surface area contributed by atoms with Gasteiger partial charge in [-0.1, -0.05) is 32.0 Å². The molecule has 1 atom stereocenters. The molecule has 2 aromatic rings. The Morgan fingerprint density at radius 3 is 2.70 bits per heavy atom. The molecule has 0 saturated heterocycles. The molecule has 0 saturated carbocycles. The van der Waals surface area contributed by atoms with Crippen LogP contribution in [0.25, 0.3) is 10.9 Å². The van der Waals surface area contributed by atoms with Gasteiger partial charge in [-0.25, -0.2) is 4.98 Å². The van der Waals surface area contributed by atoms with E-state index in [4.69, 9.17) is 4.98 Å². The molecular weight excluding hydrogens is 264 g/mol. The second-order valence-electron chi connectivity index (χ2n) is 5.54. The molecule has 20 heavy (non-hydrogen) atoms. The van der Waals surface area contributed by atoms with Crippen molar-refractivity contribution in [3.05, 3.63) is 35.9 Å². The molecule has 1 aromatic carbocycles. The number of fused-ring (bicyclic) bond motifs is 1. The lowest BCUT2D eigenvalue weighted by molar-refractivity contribution is 0.437. The van der Waals surface area contributed by atoms with Gasteiger partial charge in [-0.15, -0.1) is 11.8 Å². The summed E-state index contributed by atoms with van der Waals surface area (Å²) in [5, 5.41) is 2.46. The first-order valence-corrected chi connectivity index (χ1v) is 8.27. The lowest BCUT2D eigenvalue weighted by atomic mass is 9.99. The zero-order valence-electron chi connectivity index (χ0n) is 12.9. The summed E-state index contributed by atoms with van der Waals surface area (Å²) in [6.45, 7) is 5.62. The molecule has 0 aliphatic heterocycles. The molecule has 0 fully saturated rings. The van der Waals surface area contributed by atoms with Gasteiger partial charge in [-0.3, -0.25) is 0 Å². The van der Waals surface area contributed by atoms with E-state index in [2.05, 4.69) is 63.2 Å². The highest BCUT2D eigenvalue weighted by Crippen LogP contribution is 2.31. The van der Waals surface area contributed by atoms with Crippen molar-refractivity contribution in [3.63, 3.8) is 0 Å². The highest BCUT2D eigenvalue weighted by atomic mass is 32.2. The highest BCUT2D eigenvalue weighted by Gasteiger charge is 2.12. The quantitative estimate of drug-likeness (QED) is 0.733. The fourth-order valence-electron chi connectivity index (χ4n) is 2.13. The number of thioether (sulfide) groups is 1. The molecule has 0 N–H and O–H groups in total. The first-order chi connectivity index (χ1) is 9.61. The summed E-state index contributed by atoms with van der Waals surface area (Å²) in [4.78, 5) is 7.10. The Morgan fingerprint density at radius 2 is 2.00 bits per heavy atom. The summed E-state index contributed by atoms with van der Waals surface area (Å²) in [6, 6.07) is 10.7. The number of para-hydroxylation sites is 1. The van der Waals surface area contributed by atoms with Crippen LogP contribution in [0.4, 0.5) is 0 Å². The summed E-state index contributed by atoms with van der Waals surface area (Å²) in [6.07, 6.45) is 1.15. The van der Waals surface area contributed by atoms with E-state index in [1.807, 2.05) is 11.8 Å². The minimum absolute atomic E-state index is 0.564. The van der Waals surface area contributed by atoms with Crippen molar-refractivity contribution in [2.45, 2.75) is 31.2 Å². The van der Waals surface area contributed by atoms with Crippen LogP contribution < -0.4 is 0 Å². The molecule has 0 radical (unpaired) electrons. The lowest BCUT2D eigenvalue weighted by Gasteiger charge is -2.16. The third-order valence-corrected chi connectivity index (χ3v) is 4.62. The minimum atomic E-state index is 0.564. The van der Waals surface area contributed by atoms with Crippen LogP contribution in [0.2, 0.25) is 0 Å². The smallest absolute Gasteiger partial charge is 0.100 e. The zero-order chi connectivity index (χ0) is 14.5. The highest BCUT2D eigenvalue weighted by molar-refractivity contribution is 7.99. The predicted octanol–water partition coefficient (Wildman–Crippen LogP) is 4.40. The Morgan fingerprint density at radius 1 is 1.25 bits per heavy atom. The van der Waals surface area contributed by atoms with Crippen LogP contribution in [0.15, 0.2) is 35.4 Å². The van der Waals surface area contributed by atoms with Gasteiger partial charge < -0.3 is 4.90 Å². The van der Waals surface area contributed by atoms with Crippen molar-refractivity contribution < 1.29 is 0 Å². The Bertz CT molecular complexity index is 566. The zero-order valence-corrected chi connectivity index (χ0v) is 13.7. The average Bonchev–Trinajstić information content (AvgIpc) is 2.45. The van der Waals surface area contributed by atoms with E-state index >= 15 is 0 Å². The third-order valence-electron chi connectivity index (χ3n) is 3.64. The maximum Gasteiger partial charge on any atom is 0.100 e. The van der Waals surface area contributed by atoms with E-state index in [1.165, 1.54) is 16.0 Å². The fourth-order valence-corrected chi connectivity index (χ4v) is 3.37. The third kappa shape index (κ3) is 3.74. The largest absolute Gasteiger partial charge is 0.309 e. The summed E-state index contributed by atoms with van der Waals surface area (Å²) >= 11 is 1.88. The van der Waals surface area contributed by atoms with E-state index in [1.54, 1.807) is 0 Å². The fraction of sp³-hybridized carbons (Fsp3) is 0.471. The topological polar surface area (TPSA) is 16.1 Å². The Hall–Kier alpha value is -1.06. The first kappa shape index (κ1) is 15.3. The van der Waals surface area contributed by atoms with E-state index in [9.17, 15) is 0 Å². The van der Waals surface area contributed by atoms with Gasteiger partial charge in [0.25, 0.3) is 0 Å². The van der Waals surface area contributed by atoms with Crippen molar-refractivity contribution in [1.82, 2.24) is 9.88 Å². The van der Waals surface area contributed by atoms with Gasteiger partial charge in [0.05, 0.1) is 5.52 Å². The van der Waals surface area contributed by atoms with Crippen LogP contribution in [-0.4, -0.2) is 36.3 Å². The second kappa shape index (κ2) is 7.09. The molecule has 0 amide bonds. The first-order valence-electron chi connectivity index (χ1n) is 7.29. The molecule has 1 unspecified atom stereocenters. The van der Waals surface area contributed by atoms with Crippen LogP contribution in [0.3, 0.4) is 0 Å². The summed E-state index contributed by atoms with van der Waals surface area (Å²) in [5.74, 6) is 1.65. The maximum absolute atomic E-state index is 4.89. The van der Waals surface area contributed by atoms with Gasteiger partial charge in [0.15, 0.2) is 0 Å². The van der Waals surface area contributed by atoms with Crippen LogP contribution >= 0.6 is 11.8 Å². The molecule has 2 rings (SSSR count). The van der Waals surface area contributed by atoms with Crippen molar-refractivity contribution in [1.29, 1.82) is 0 Å². The molecule has 1 heterocycles. The van der Waals surface area contributed by atoms with Gasteiger partial charge in [0.1, 0.15) is 5.03 Å². The molecule has 3 heteroatoms. The molecule has 0 aliphatic carbocycles. The van der Waals surface area contributed by atoms with Crippen molar-refractivity contribution in [2.24, 2.45) is 0 Å². The molecular formula is C17H24N2S. The molecule has 1 aromatic heterocycles. The SMILES string of the molecule is CCC(C)c1cc2ccccc2nc1SCCN(C)C. The Balaban J connectivity index is 2.33. The summed E-state index contributed by atoms with van der Waals surface area (Å²) < 4.78 is 0. The van der Waals surface area contributed by atoms with Crippen molar-refractivity contribution in [2.75, 3.05) is 26.4 Å². The average molecular weight is 288 g/mol. The van der Waals surface area contributed by atoms with Crippen molar-refractivity contribution in [3.8, 4) is 0 Å². The molecule has 2 nitrogen and oxygen atoms in total. The second-order valence-corrected chi connectivity index (χ2v) is 6.62. The van der Waals surface area contributed by atoms with Crippen LogP contribution in [0.5, 0.6) is 0 Å². The van der Waals surface area contributed by atoms with E-state index in [0.717, 1.165) is 24.2 Å². The Kier molecular flexibility index (Phi) is 5.44. The van der Waals surface area contributed by atoms with E-state index in [-0.39, 0.29) is 0 Å². The number of hydrogen-bond donors (Lipinski definition) is 0. The summed E-state index contributed by atoms with van der Waals surface area (Å²) in [7, 11) is 4.23. The van der Waals surface area contributed by atoms with Crippen LogP contribution in [-0.2, 0) is 0 Å². The number of benzene rings is 1. The molecule has 0 spiro atoms. The van der Waals surface area contributed by atoms with Gasteiger partial charge in [0.2, 0.25) is 0 Å². The monoisotopic (exact) mass is 288 g/mol. The van der Waals surface area contributed by atoms with E-state index < -0.39 is 0 Å². The number of aromatic nitrogens is 1. The Labute approximate surface area is 126 Å². The van der Waals surface area contributed by atoms with Gasteiger partial charge in [-0.05, 0) is 44.1 Å². The number of hydrogen-bond acceptors (Lipinski definition) is 3. The summed E-state index contributed by atoms with van der Waals surface area (Å²) in [5.41, 5.74) is 2.50. The van der Waals surface area contributed by atoms with Gasteiger partial charge in [-0.2, -0.15) is 0 Å². The number of nitrogens with zero attached hydrogens (tertiary/aromatic N) is 2. The predicted molar refractivity (Wildman–Crippen MR) is 89.7 cm³/mol. The lowest BCUT2D eigenvalue weighted by Crippen LogP contribution is -2.15. The number of rotatable bonds is 6. The van der Waals surface area contributed by atoms with Crippen LogP contribution in [0.1, 0.15) is 31.7 Å². The van der Waals surface area contributed by atoms with E-state index in [0.29, 0.717) is 5.92 Å². The molecule has 108 valence electrons. The van der Waals surface area contributed by atoms with Gasteiger partial charge in [0, 0.05) is 17.7 Å². The minimum Gasteiger partial charge on any atom is -0.309 e. The van der Waals surface area contributed by atoms with Crippen LogP contribution in [0, 0.1) is 0 Å². The number of pyridine rings is 1.